The highest BCUT2D eigenvalue weighted by Gasteiger charge is 2.06. The van der Waals surface area contributed by atoms with E-state index in [9.17, 15) is 9.90 Å². The normalized spacial score (nSPS) is 10.8. The van der Waals surface area contributed by atoms with Gasteiger partial charge in [-0.3, -0.25) is 9.79 Å². The van der Waals surface area contributed by atoms with Crippen LogP contribution in [0.15, 0.2) is 47.5 Å². The maximum atomic E-state index is 12.0. The number of rotatable bonds is 5. The lowest BCUT2D eigenvalue weighted by Gasteiger charge is -2.04. The molecule has 0 unspecified atom stereocenters. The van der Waals surface area contributed by atoms with Gasteiger partial charge in [0.05, 0.1) is 7.11 Å². The SMILES string of the molecule is COc1cccc(C=NCC(=O)c2ccc(C)cc2)c1O. The summed E-state index contributed by atoms with van der Waals surface area (Å²) in [6.07, 6.45) is 1.48. The number of carbonyl (C=O) groups is 1. The number of hydrogen-bond acceptors (Lipinski definition) is 4. The molecule has 4 nitrogen and oxygen atoms in total. The molecule has 0 saturated heterocycles. The van der Waals surface area contributed by atoms with Gasteiger partial charge in [0.1, 0.15) is 6.54 Å². The Bertz CT molecular complexity index is 660. The third kappa shape index (κ3) is 3.69. The van der Waals surface area contributed by atoms with Crippen molar-refractivity contribution < 1.29 is 14.6 Å². The highest BCUT2D eigenvalue weighted by atomic mass is 16.5. The molecule has 0 spiro atoms. The minimum atomic E-state index is -0.0614. The van der Waals surface area contributed by atoms with E-state index in [0.717, 1.165) is 5.56 Å². The molecule has 0 radical (unpaired) electrons. The second kappa shape index (κ2) is 6.70. The third-order valence-corrected chi connectivity index (χ3v) is 3.09. The van der Waals surface area contributed by atoms with E-state index < -0.39 is 0 Å². The van der Waals surface area contributed by atoms with E-state index in [4.69, 9.17) is 4.74 Å². The van der Waals surface area contributed by atoms with Gasteiger partial charge in [-0.15, -0.1) is 0 Å². The number of benzene rings is 2. The fourth-order valence-electron chi connectivity index (χ4n) is 1.87. The number of methoxy groups -OCH3 is 1. The number of carbonyl (C=O) groups excluding carboxylic acids is 1. The molecule has 2 aromatic rings. The van der Waals surface area contributed by atoms with Crippen LogP contribution in [0.4, 0.5) is 0 Å². The Balaban J connectivity index is 2.05. The summed E-state index contributed by atoms with van der Waals surface area (Å²) in [7, 11) is 1.48. The van der Waals surface area contributed by atoms with Crippen LogP contribution in [-0.4, -0.2) is 30.8 Å². The number of ketones is 1. The number of hydrogen-bond donors (Lipinski definition) is 1. The van der Waals surface area contributed by atoms with Crippen LogP contribution in [0.3, 0.4) is 0 Å². The Morgan fingerprint density at radius 2 is 1.95 bits per heavy atom. The maximum absolute atomic E-state index is 12.0. The number of nitrogens with zero attached hydrogens (tertiary/aromatic N) is 1. The van der Waals surface area contributed by atoms with Crippen molar-refractivity contribution in [3.8, 4) is 11.5 Å². The zero-order valence-electron chi connectivity index (χ0n) is 12.0. The Morgan fingerprint density at radius 3 is 2.62 bits per heavy atom. The van der Waals surface area contributed by atoms with Crippen LogP contribution in [0.25, 0.3) is 0 Å². The summed E-state index contributed by atoms with van der Waals surface area (Å²) in [6, 6.07) is 12.5. The number of aryl methyl sites for hydroxylation is 1. The largest absolute Gasteiger partial charge is 0.504 e. The first kappa shape index (κ1) is 14.8. The number of aromatic hydroxyl groups is 1. The van der Waals surface area contributed by atoms with Crippen molar-refractivity contribution in [2.75, 3.05) is 13.7 Å². The second-order valence-electron chi connectivity index (χ2n) is 4.66. The lowest BCUT2D eigenvalue weighted by atomic mass is 10.1. The number of Topliss-reactive ketones (excluding diaryl/α,β-unsaturated/α-hetero) is 1. The Kier molecular flexibility index (Phi) is 4.72. The molecule has 2 aromatic carbocycles. The highest BCUT2D eigenvalue weighted by molar-refractivity contribution is 5.99. The summed E-state index contributed by atoms with van der Waals surface area (Å²) in [4.78, 5) is 16.0. The molecule has 0 fully saturated rings. The first-order valence-electron chi connectivity index (χ1n) is 6.57. The fourth-order valence-corrected chi connectivity index (χ4v) is 1.87. The van der Waals surface area contributed by atoms with Gasteiger partial charge in [-0.2, -0.15) is 0 Å². The van der Waals surface area contributed by atoms with Gasteiger partial charge in [0.25, 0.3) is 0 Å². The lowest BCUT2D eigenvalue weighted by Crippen LogP contribution is -2.03. The average Bonchev–Trinajstić information content (AvgIpc) is 2.49. The predicted octanol–water partition coefficient (Wildman–Crippen LogP) is 3.01. The van der Waals surface area contributed by atoms with Crippen molar-refractivity contribution in [2.24, 2.45) is 4.99 Å². The molecule has 108 valence electrons. The van der Waals surface area contributed by atoms with Gasteiger partial charge in [0, 0.05) is 17.3 Å². The first-order chi connectivity index (χ1) is 10.1. The second-order valence-corrected chi connectivity index (χ2v) is 4.66. The average molecular weight is 283 g/mol. The molecule has 2 rings (SSSR count). The van der Waals surface area contributed by atoms with Crippen LogP contribution in [0.1, 0.15) is 21.5 Å². The molecule has 0 aromatic heterocycles. The predicted molar refractivity (Wildman–Crippen MR) is 82.6 cm³/mol. The van der Waals surface area contributed by atoms with Crippen molar-refractivity contribution in [1.82, 2.24) is 0 Å². The van der Waals surface area contributed by atoms with Crippen molar-refractivity contribution in [3.63, 3.8) is 0 Å². The third-order valence-electron chi connectivity index (χ3n) is 3.09. The van der Waals surface area contributed by atoms with E-state index in [1.807, 2.05) is 19.1 Å². The zero-order chi connectivity index (χ0) is 15.2. The molecule has 0 heterocycles. The van der Waals surface area contributed by atoms with Gasteiger partial charge in [0.2, 0.25) is 0 Å². The van der Waals surface area contributed by atoms with Crippen molar-refractivity contribution in [3.05, 3.63) is 59.2 Å². The van der Waals surface area contributed by atoms with Crippen molar-refractivity contribution in [1.29, 1.82) is 0 Å². The van der Waals surface area contributed by atoms with Crippen LogP contribution in [0, 0.1) is 6.92 Å². The van der Waals surface area contributed by atoms with Gasteiger partial charge >= 0.3 is 0 Å². The molecule has 0 saturated carbocycles. The van der Waals surface area contributed by atoms with Crippen LogP contribution in [0.2, 0.25) is 0 Å². The molecule has 0 bridgehead atoms. The van der Waals surface area contributed by atoms with E-state index in [-0.39, 0.29) is 18.1 Å². The maximum Gasteiger partial charge on any atom is 0.184 e. The minimum Gasteiger partial charge on any atom is -0.504 e. The first-order valence-corrected chi connectivity index (χ1v) is 6.57. The standard InChI is InChI=1S/C17H17NO3/c1-12-6-8-13(9-7-12)15(19)11-18-10-14-4-3-5-16(21-2)17(14)20/h3-10,20H,11H2,1-2H3. The monoisotopic (exact) mass is 283 g/mol. The molecular formula is C17H17NO3. The van der Waals surface area contributed by atoms with Gasteiger partial charge in [-0.05, 0) is 19.1 Å². The molecule has 4 heteroatoms. The van der Waals surface area contributed by atoms with Crippen LogP contribution >= 0.6 is 0 Å². The fraction of sp³-hybridized carbons (Fsp3) is 0.176. The van der Waals surface area contributed by atoms with Crippen molar-refractivity contribution in [2.45, 2.75) is 6.92 Å². The summed E-state index contributed by atoms with van der Waals surface area (Å²) < 4.78 is 5.01. The van der Waals surface area contributed by atoms with E-state index in [1.165, 1.54) is 13.3 Å². The summed E-state index contributed by atoms with van der Waals surface area (Å²) in [5, 5.41) is 9.90. The molecule has 0 amide bonds. The van der Waals surface area contributed by atoms with Crippen LogP contribution in [0.5, 0.6) is 11.5 Å². The Morgan fingerprint density at radius 1 is 1.24 bits per heavy atom. The topological polar surface area (TPSA) is 58.9 Å². The highest BCUT2D eigenvalue weighted by Crippen LogP contribution is 2.27. The van der Waals surface area contributed by atoms with Crippen LogP contribution in [-0.2, 0) is 0 Å². The molecular weight excluding hydrogens is 266 g/mol. The van der Waals surface area contributed by atoms with Crippen LogP contribution < -0.4 is 4.74 Å². The van der Waals surface area contributed by atoms with E-state index in [1.54, 1.807) is 30.3 Å². The molecule has 0 atom stereocenters. The van der Waals surface area contributed by atoms with Crippen molar-refractivity contribution >= 4 is 12.0 Å². The van der Waals surface area contributed by atoms with E-state index >= 15 is 0 Å². The van der Waals surface area contributed by atoms with Gasteiger partial charge in [-0.1, -0.05) is 35.9 Å². The number of ether oxygens (including phenoxy) is 1. The van der Waals surface area contributed by atoms with Gasteiger partial charge in [-0.25, -0.2) is 0 Å². The minimum absolute atomic E-state index is 0.0199. The Hall–Kier alpha value is -2.62. The zero-order valence-corrected chi connectivity index (χ0v) is 12.0. The molecule has 0 aliphatic rings. The number of phenols is 1. The summed E-state index contributed by atoms with van der Waals surface area (Å²) in [6.45, 7) is 2.01. The molecule has 1 N–H and O–H groups in total. The molecule has 21 heavy (non-hydrogen) atoms. The van der Waals surface area contributed by atoms with E-state index in [2.05, 4.69) is 4.99 Å². The summed E-state index contributed by atoms with van der Waals surface area (Å²) in [5.41, 5.74) is 2.26. The quantitative estimate of drug-likeness (QED) is 0.678. The van der Waals surface area contributed by atoms with E-state index in [0.29, 0.717) is 16.9 Å². The number of para-hydroxylation sites is 1. The number of aliphatic imine (C=N–C) groups is 1. The summed E-state index contributed by atoms with van der Waals surface area (Å²) >= 11 is 0. The van der Waals surface area contributed by atoms with Gasteiger partial charge < -0.3 is 9.84 Å². The Labute approximate surface area is 123 Å². The summed E-state index contributed by atoms with van der Waals surface area (Å²) in [5.74, 6) is 0.337. The molecule has 0 aliphatic carbocycles. The van der Waals surface area contributed by atoms with Gasteiger partial charge in [0.15, 0.2) is 17.3 Å². The number of phenolic OH excluding ortho intramolecular Hbond substituents is 1. The lowest BCUT2D eigenvalue weighted by molar-refractivity contribution is 0.100. The molecule has 0 aliphatic heterocycles. The smallest absolute Gasteiger partial charge is 0.184 e.